The van der Waals surface area contributed by atoms with Crippen LogP contribution >= 0.6 is 11.3 Å². The molecule has 0 saturated carbocycles. The van der Waals surface area contributed by atoms with Gasteiger partial charge in [-0.2, -0.15) is 5.10 Å². The van der Waals surface area contributed by atoms with Crippen LogP contribution in [0.25, 0.3) is 16.2 Å². The van der Waals surface area contributed by atoms with Gasteiger partial charge in [0.1, 0.15) is 10.8 Å². The normalized spacial score (nSPS) is 11.6. The van der Waals surface area contributed by atoms with E-state index in [1.807, 2.05) is 37.3 Å². The van der Waals surface area contributed by atoms with Crippen LogP contribution in [-0.2, 0) is 13.0 Å². The molecule has 1 amide bonds. The molecule has 0 spiro atoms. The number of aromatic nitrogens is 3. The summed E-state index contributed by atoms with van der Waals surface area (Å²) in [4.78, 5) is 18.0. The highest BCUT2D eigenvalue weighted by atomic mass is 32.1. The SMILES string of the molecule is CCc1nn2c(CNC(=O)c3ccc(OC(F)(F)F)cc3)c(-c3ccccc3)nc2s1. The molecule has 0 saturated heterocycles. The Hall–Kier alpha value is -3.40. The van der Waals surface area contributed by atoms with Crippen molar-refractivity contribution in [3.05, 3.63) is 70.9 Å². The zero-order valence-corrected chi connectivity index (χ0v) is 17.1. The van der Waals surface area contributed by atoms with E-state index < -0.39 is 12.3 Å². The number of rotatable bonds is 6. The minimum Gasteiger partial charge on any atom is -0.406 e. The molecule has 0 aliphatic heterocycles. The molecule has 2 aromatic heterocycles. The van der Waals surface area contributed by atoms with Gasteiger partial charge in [-0.25, -0.2) is 9.50 Å². The van der Waals surface area contributed by atoms with Gasteiger partial charge >= 0.3 is 6.36 Å². The van der Waals surface area contributed by atoms with E-state index in [1.54, 1.807) is 4.52 Å². The van der Waals surface area contributed by atoms with E-state index in [0.717, 1.165) is 45.5 Å². The van der Waals surface area contributed by atoms with E-state index in [-0.39, 0.29) is 17.9 Å². The average molecular weight is 446 g/mol. The topological polar surface area (TPSA) is 68.5 Å². The summed E-state index contributed by atoms with van der Waals surface area (Å²) in [6.45, 7) is 2.15. The Labute approximate surface area is 179 Å². The molecule has 2 aromatic carbocycles. The Balaban J connectivity index is 1.56. The second-order valence-corrected chi connectivity index (χ2v) is 7.61. The molecule has 1 N–H and O–H groups in total. The van der Waals surface area contributed by atoms with E-state index in [1.165, 1.54) is 23.5 Å². The molecule has 0 unspecified atom stereocenters. The van der Waals surface area contributed by atoms with Crippen LogP contribution in [0.2, 0.25) is 0 Å². The Morgan fingerprint density at radius 2 is 1.84 bits per heavy atom. The first-order valence-electron chi connectivity index (χ1n) is 9.41. The number of hydrogen-bond acceptors (Lipinski definition) is 5. The number of fused-ring (bicyclic) bond motifs is 1. The number of aryl methyl sites for hydroxylation is 1. The quantitative estimate of drug-likeness (QED) is 0.460. The van der Waals surface area contributed by atoms with Crippen LogP contribution < -0.4 is 10.1 Å². The van der Waals surface area contributed by atoms with Crippen molar-refractivity contribution in [2.24, 2.45) is 0 Å². The summed E-state index contributed by atoms with van der Waals surface area (Å²) in [6, 6.07) is 14.3. The number of nitrogens with zero attached hydrogens (tertiary/aromatic N) is 3. The van der Waals surface area contributed by atoms with Crippen molar-refractivity contribution >= 4 is 22.2 Å². The number of alkyl halides is 3. The molecule has 31 heavy (non-hydrogen) atoms. The van der Waals surface area contributed by atoms with Gasteiger partial charge in [-0.1, -0.05) is 48.6 Å². The van der Waals surface area contributed by atoms with Crippen molar-refractivity contribution < 1.29 is 22.7 Å². The van der Waals surface area contributed by atoms with Gasteiger partial charge < -0.3 is 10.1 Å². The zero-order chi connectivity index (χ0) is 22.0. The fourth-order valence-electron chi connectivity index (χ4n) is 3.03. The van der Waals surface area contributed by atoms with Gasteiger partial charge in [-0.15, -0.1) is 13.2 Å². The lowest BCUT2D eigenvalue weighted by Crippen LogP contribution is -2.24. The molecule has 0 radical (unpaired) electrons. The molecule has 2 heterocycles. The van der Waals surface area contributed by atoms with Crippen LogP contribution in [0.1, 0.15) is 28.0 Å². The molecule has 0 atom stereocenters. The van der Waals surface area contributed by atoms with Crippen molar-refractivity contribution in [3.8, 4) is 17.0 Å². The molecule has 0 bridgehead atoms. The summed E-state index contributed by atoms with van der Waals surface area (Å²) in [5.74, 6) is -0.819. The molecular formula is C21H17F3N4O2S. The first-order valence-corrected chi connectivity index (χ1v) is 10.2. The van der Waals surface area contributed by atoms with Crippen LogP contribution in [0.4, 0.5) is 13.2 Å². The lowest BCUT2D eigenvalue weighted by atomic mass is 10.1. The fraction of sp³-hybridized carbons (Fsp3) is 0.190. The number of carbonyl (C=O) groups excluding carboxylic acids is 1. The lowest BCUT2D eigenvalue weighted by molar-refractivity contribution is -0.274. The van der Waals surface area contributed by atoms with Crippen molar-refractivity contribution in [3.63, 3.8) is 0 Å². The summed E-state index contributed by atoms with van der Waals surface area (Å²) in [5, 5.41) is 8.30. The van der Waals surface area contributed by atoms with E-state index in [0.29, 0.717) is 0 Å². The summed E-state index contributed by atoms with van der Waals surface area (Å²) in [5.41, 5.74) is 2.55. The van der Waals surface area contributed by atoms with Gasteiger partial charge in [0.25, 0.3) is 5.91 Å². The van der Waals surface area contributed by atoms with Gasteiger partial charge in [0, 0.05) is 11.1 Å². The maximum absolute atomic E-state index is 12.6. The third-order valence-corrected chi connectivity index (χ3v) is 5.51. The van der Waals surface area contributed by atoms with Crippen LogP contribution in [-0.4, -0.2) is 26.9 Å². The first-order chi connectivity index (χ1) is 14.8. The molecule has 4 aromatic rings. The van der Waals surface area contributed by atoms with Crippen molar-refractivity contribution in [2.75, 3.05) is 0 Å². The third-order valence-electron chi connectivity index (χ3n) is 4.45. The third kappa shape index (κ3) is 4.69. The smallest absolute Gasteiger partial charge is 0.406 e. The minimum atomic E-state index is -4.78. The maximum Gasteiger partial charge on any atom is 0.573 e. The van der Waals surface area contributed by atoms with Crippen molar-refractivity contribution in [1.29, 1.82) is 0 Å². The molecule has 0 fully saturated rings. The maximum atomic E-state index is 12.6. The lowest BCUT2D eigenvalue weighted by Gasteiger charge is -2.10. The summed E-state index contributed by atoms with van der Waals surface area (Å²) in [7, 11) is 0. The van der Waals surface area contributed by atoms with Crippen molar-refractivity contribution in [2.45, 2.75) is 26.3 Å². The Bertz CT molecular complexity index is 1200. The number of benzene rings is 2. The number of carbonyl (C=O) groups is 1. The average Bonchev–Trinajstić information content (AvgIpc) is 3.30. The van der Waals surface area contributed by atoms with Gasteiger partial charge in [-0.3, -0.25) is 4.79 Å². The highest BCUT2D eigenvalue weighted by molar-refractivity contribution is 7.16. The molecule has 0 aliphatic carbocycles. The number of ether oxygens (including phenoxy) is 1. The number of halogens is 3. The largest absolute Gasteiger partial charge is 0.573 e. The number of imidazole rings is 1. The Kier molecular flexibility index (Phi) is 5.64. The summed E-state index contributed by atoms with van der Waals surface area (Å²) < 4.78 is 42.4. The monoisotopic (exact) mass is 446 g/mol. The highest BCUT2D eigenvalue weighted by Gasteiger charge is 2.31. The number of hydrogen-bond donors (Lipinski definition) is 1. The molecule has 6 nitrogen and oxygen atoms in total. The summed E-state index contributed by atoms with van der Waals surface area (Å²) in [6.07, 6.45) is -4.01. The first kappa shape index (κ1) is 20.9. The minimum absolute atomic E-state index is 0.151. The number of nitrogens with one attached hydrogen (secondary N) is 1. The second-order valence-electron chi connectivity index (χ2n) is 6.57. The molecule has 0 aliphatic rings. The Morgan fingerprint density at radius 1 is 1.13 bits per heavy atom. The Morgan fingerprint density at radius 3 is 2.48 bits per heavy atom. The van der Waals surface area contributed by atoms with Crippen LogP contribution in [0.15, 0.2) is 54.6 Å². The van der Waals surface area contributed by atoms with Crippen LogP contribution in [0.5, 0.6) is 5.75 Å². The van der Waals surface area contributed by atoms with Gasteiger partial charge in [-0.05, 0) is 30.7 Å². The second kappa shape index (κ2) is 8.38. The van der Waals surface area contributed by atoms with Crippen LogP contribution in [0, 0.1) is 0 Å². The van der Waals surface area contributed by atoms with Gasteiger partial charge in [0.05, 0.1) is 17.9 Å². The van der Waals surface area contributed by atoms with E-state index in [9.17, 15) is 18.0 Å². The molecular weight excluding hydrogens is 429 g/mol. The van der Waals surface area contributed by atoms with E-state index >= 15 is 0 Å². The predicted octanol–water partition coefficient (Wildman–Crippen LogP) is 4.85. The van der Waals surface area contributed by atoms with Gasteiger partial charge in [0.2, 0.25) is 4.96 Å². The summed E-state index contributed by atoms with van der Waals surface area (Å²) >= 11 is 1.49. The van der Waals surface area contributed by atoms with Gasteiger partial charge in [0.15, 0.2) is 0 Å². The predicted molar refractivity (Wildman–Crippen MR) is 110 cm³/mol. The van der Waals surface area contributed by atoms with E-state index in [4.69, 9.17) is 4.98 Å². The van der Waals surface area contributed by atoms with E-state index in [2.05, 4.69) is 15.2 Å². The zero-order valence-electron chi connectivity index (χ0n) is 16.3. The standard InChI is InChI=1S/C21H17F3N4O2S/c1-2-17-27-28-16(18(26-20(28)31-17)13-6-4-3-5-7-13)12-25-19(29)14-8-10-15(11-9-14)30-21(22,23)24/h3-11H,2,12H2,1H3,(H,25,29). The highest BCUT2D eigenvalue weighted by Crippen LogP contribution is 2.27. The number of amides is 1. The molecule has 160 valence electrons. The molecule has 4 rings (SSSR count). The fourth-order valence-corrected chi connectivity index (χ4v) is 3.88. The van der Waals surface area contributed by atoms with Crippen molar-refractivity contribution in [1.82, 2.24) is 19.9 Å². The van der Waals surface area contributed by atoms with Crippen LogP contribution in [0.3, 0.4) is 0 Å². The molecule has 10 heteroatoms.